The van der Waals surface area contributed by atoms with E-state index in [1.54, 1.807) is 6.20 Å². The third-order valence-electron chi connectivity index (χ3n) is 4.29. The van der Waals surface area contributed by atoms with Crippen molar-refractivity contribution in [3.8, 4) is 23.1 Å². The average molecular weight is 375 g/mol. The third kappa shape index (κ3) is 4.36. The summed E-state index contributed by atoms with van der Waals surface area (Å²) in [6.45, 7) is 6.73. The zero-order valence-electron chi connectivity index (χ0n) is 15.6. The third-order valence-corrected chi connectivity index (χ3v) is 5.17. The maximum atomic E-state index is 9.55. The lowest BCUT2D eigenvalue weighted by Crippen LogP contribution is -1.95. The summed E-state index contributed by atoms with van der Waals surface area (Å²) in [5, 5.41) is 15.4. The zero-order valence-corrected chi connectivity index (χ0v) is 16.4. The van der Waals surface area contributed by atoms with Crippen LogP contribution in [0.25, 0.3) is 16.8 Å². The zero-order chi connectivity index (χ0) is 19.2. The molecule has 3 aromatic rings. The molecular formula is C22H21N3OS. The predicted molar refractivity (Wildman–Crippen MR) is 112 cm³/mol. The predicted octanol–water partition coefficient (Wildman–Crippen LogP) is 5.80. The number of ether oxygens (including phenoxy) is 1. The number of aryl methyl sites for hydroxylation is 1. The summed E-state index contributed by atoms with van der Waals surface area (Å²) in [5.41, 5.74) is 5.73. The Labute approximate surface area is 163 Å². The fraction of sp³-hybridized carbons (Fsp3) is 0.182. The van der Waals surface area contributed by atoms with Gasteiger partial charge in [-0.3, -0.25) is 0 Å². The monoisotopic (exact) mass is 375 g/mol. The van der Waals surface area contributed by atoms with Gasteiger partial charge in [0.25, 0.3) is 0 Å². The molecular weight excluding hydrogens is 354 g/mol. The van der Waals surface area contributed by atoms with Crippen LogP contribution < -0.4 is 10.1 Å². The Kier molecular flexibility index (Phi) is 5.90. The van der Waals surface area contributed by atoms with Crippen LogP contribution >= 0.6 is 11.3 Å². The number of aromatic nitrogens is 1. The summed E-state index contributed by atoms with van der Waals surface area (Å²) in [5.74, 6) is 0.840. The Morgan fingerprint density at radius 1 is 1.22 bits per heavy atom. The van der Waals surface area contributed by atoms with E-state index in [9.17, 15) is 5.26 Å². The van der Waals surface area contributed by atoms with Crippen LogP contribution in [0.1, 0.15) is 23.1 Å². The van der Waals surface area contributed by atoms with Crippen molar-refractivity contribution < 1.29 is 4.74 Å². The molecule has 0 aliphatic rings. The van der Waals surface area contributed by atoms with E-state index in [-0.39, 0.29) is 0 Å². The molecule has 0 atom stereocenters. The minimum atomic E-state index is 0.512. The van der Waals surface area contributed by atoms with Crippen LogP contribution in [0, 0.1) is 25.2 Å². The number of rotatable bonds is 6. The molecule has 0 radical (unpaired) electrons. The second-order valence-electron chi connectivity index (χ2n) is 6.06. The Bertz CT molecular complexity index is 997. The van der Waals surface area contributed by atoms with E-state index in [0.717, 1.165) is 22.7 Å². The second kappa shape index (κ2) is 8.52. The largest absolute Gasteiger partial charge is 0.494 e. The fourth-order valence-electron chi connectivity index (χ4n) is 2.62. The number of allylic oxidation sites excluding steroid dienone is 1. The first-order valence-electron chi connectivity index (χ1n) is 8.74. The molecule has 0 saturated carbocycles. The summed E-state index contributed by atoms with van der Waals surface area (Å²) >= 11 is 1.46. The number of nitriles is 1. The van der Waals surface area contributed by atoms with Crippen molar-refractivity contribution in [1.29, 1.82) is 5.26 Å². The van der Waals surface area contributed by atoms with Crippen molar-refractivity contribution in [2.24, 2.45) is 0 Å². The maximum Gasteiger partial charge on any atom is 0.136 e. The molecule has 0 spiro atoms. The lowest BCUT2D eigenvalue weighted by atomic mass is 10.1. The van der Waals surface area contributed by atoms with Crippen LogP contribution in [-0.2, 0) is 0 Å². The first-order chi connectivity index (χ1) is 13.1. The fourth-order valence-corrected chi connectivity index (χ4v) is 3.41. The molecule has 136 valence electrons. The SMILES string of the molecule is CCOc1ccc(-c2csc(/C(C#N)=C\Nc3cccc(C)c3C)n2)cc1. The smallest absolute Gasteiger partial charge is 0.136 e. The van der Waals surface area contributed by atoms with Crippen molar-refractivity contribution in [1.82, 2.24) is 4.98 Å². The van der Waals surface area contributed by atoms with Crippen LogP contribution in [0.5, 0.6) is 5.75 Å². The molecule has 2 aromatic carbocycles. The maximum absolute atomic E-state index is 9.55. The van der Waals surface area contributed by atoms with Gasteiger partial charge in [-0.2, -0.15) is 5.26 Å². The van der Waals surface area contributed by atoms with E-state index in [0.29, 0.717) is 17.2 Å². The lowest BCUT2D eigenvalue weighted by Gasteiger charge is -2.08. The highest BCUT2D eigenvalue weighted by Crippen LogP contribution is 2.28. The number of anilines is 1. The van der Waals surface area contributed by atoms with Gasteiger partial charge in [-0.25, -0.2) is 4.98 Å². The van der Waals surface area contributed by atoms with Gasteiger partial charge >= 0.3 is 0 Å². The molecule has 0 bridgehead atoms. The standard InChI is InChI=1S/C22H21N3OS/c1-4-26-19-10-8-17(9-11-19)21-14-27-22(25-21)18(12-23)13-24-20-7-5-6-15(2)16(20)3/h5-11,13-14,24H,4H2,1-3H3/b18-13-. The molecule has 0 fully saturated rings. The topological polar surface area (TPSA) is 57.9 Å². The highest BCUT2D eigenvalue weighted by molar-refractivity contribution is 7.11. The van der Waals surface area contributed by atoms with Crippen LogP contribution in [0.2, 0.25) is 0 Å². The molecule has 0 aliphatic carbocycles. The Morgan fingerprint density at radius 2 is 2.00 bits per heavy atom. The summed E-state index contributed by atoms with van der Waals surface area (Å²) in [7, 11) is 0. The molecule has 5 heteroatoms. The quantitative estimate of drug-likeness (QED) is 0.553. The van der Waals surface area contributed by atoms with Crippen LogP contribution in [-0.4, -0.2) is 11.6 Å². The van der Waals surface area contributed by atoms with Crippen LogP contribution in [0.4, 0.5) is 5.69 Å². The molecule has 1 heterocycles. The van der Waals surface area contributed by atoms with E-state index < -0.39 is 0 Å². The molecule has 0 aliphatic heterocycles. The van der Waals surface area contributed by atoms with Gasteiger partial charge in [0.15, 0.2) is 0 Å². The highest BCUT2D eigenvalue weighted by Gasteiger charge is 2.09. The molecule has 0 amide bonds. The van der Waals surface area contributed by atoms with Crippen molar-refractivity contribution in [3.63, 3.8) is 0 Å². The number of nitrogens with one attached hydrogen (secondary N) is 1. The normalized spacial score (nSPS) is 11.1. The first kappa shape index (κ1) is 18.7. The van der Waals surface area contributed by atoms with Gasteiger partial charge in [0, 0.05) is 22.8 Å². The van der Waals surface area contributed by atoms with E-state index in [4.69, 9.17) is 4.74 Å². The van der Waals surface area contributed by atoms with Crippen molar-refractivity contribution in [2.75, 3.05) is 11.9 Å². The minimum absolute atomic E-state index is 0.512. The van der Waals surface area contributed by atoms with Gasteiger partial charge in [0.1, 0.15) is 22.4 Å². The molecule has 1 aromatic heterocycles. The van der Waals surface area contributed by atoms with Gasteiger partial charge in [-0.15, -0.1) is 11.3 Å². The van der Waals surface area contributed by atoms with Crippen molar-refractivity contribution in [2.45, 2.75) is 20.8 Å². The number of hydrogen-bond donors (Lipinski definition) is 1. The Morgan fingerprint density at radius 3 is 2.70 bits per heavy atom. The van der Waals surface area contributed by atoms with Crippen LogP contribution in [0.15, 0.2) is 54.0 Å². The Hall–Kier alpha value is -3.10. The van der Waals surface area contributed by atoms with Gasteiger partial charge in [0.05, 0.1) is 12.3 Å². The van der Waals surface area contributed by atoms with Gasteiger partial charge < -0.3 is 10.1 Å². The summed E-state index contributed by atoms with van der Waals surface area (Å²) < 4.78 is 5.47. The second-order valence-corrected chi connectivity index (χ2v) is 6.92. The first-order valence-corrected chi connectivity index (χ1v) is 9.62. The van der Waals surface area contributed by atoms with E-state index in [1.807, 2.05) is 48.7 Å². The molecule has 27 heavy (non-hydrogen) atoms. The number of hydrogen-bond acceptors (Lipinski definition) is 5. The van der Waals surface area contributed by atoms with E-state index in [1.165, 1.54) is 22.5 Å². The summed E-state index contributed by atoms with van der Waals surface area (Å²) in [6, 6.07) is 16.1. The van der Waals surface area contributed by atoms with Gasteiger partial charge in [-0.1, -0.05) is 12.1 Å². The van der Waals surface area contributed by atoms with Gasteiger partial charge in [-0.05, 0) is 62.2 Å². The molecule has 4 nitrogen and oxygen atoms in total. The highest BCUT2D eigenvalue weighted by atomic mass is 32.1. The summed E-state index contributed by atoms with van der Waals surface area (Å²) in [4.78, 5) is 4.63. The number of thiazole rings is 1. The molecule has 0 unspecified atom stereocenters. The van der Waals surface area contributed by atoms with Gasteiger partial charge in [0.2, 0.25) is 0 Å². The van der Waals surface area contributed by atoms with E-state index in [2.05, 4.69) is 36.3 Å². The molecule has 0 saturated heterocycles. The number of benzene rings is 2. The lowest BCUT2D eigenvalue weighted by molar-refractivity contribution is 0.340. The Balaban J connectivity index is 1.81. The number of nitrogens with zero attached hydrogens (tertiary/aromatic N) is 2. The molecule has 3 rings (SSSR count). The summed E-state index contributed by atoms with van der Waals surface area (Å²) in [6.07, 6.45) is 1.72. The van der Waals surface area contributed by atoms with Crippen molar-refractivity contribution in [3.05, 3.63) is 70.2 Å². The molecule has 1 N–H and O–H groups in total. The average Bonchev–Trinajstić information content (AvgIpc) is 3.16. The van der Waals surface area contributed by atoms with E-state index >= 15 is 0 Å². The van der Waals surface area contributed by atoms with Crippen LogP contribution in [0.3, 0.4) is 0 Å². The minimum Gasteiger partial charge on any atom is -0.494 e. The van der Waals surface area contributed by atoms with Crippen molar-refractivity contribution >= 4 is 22.6 Å².